The van der Waals surface area contributed by atoms with E-state index >= 15 is 0 Å². The van der Waals surface area contributed by atoms with E-state index in [-0.39, 0.29) is 17.8 Å². The molecule has 0 unspecified atom stereocenters. The summed E-state index contributed by atoms with van der Waals surface area (Å²) in [7, 11) is 0. The van der Waals surface area contributed by atoms with Crippen LogP contribution < -0.4 is 0 Å². The van der Waals surface area contributed by atoms with Crippen molar-refractivity contribution in [3.8, 4) is 0 Å². The molecule has 2 heterocycles. The molecule has 0 N–H and O–H groups in total. The first-order valence-electron chi connectivity index (χ1n) is 6.57. The van der Waals surface area contributed by atoms with Crippen molar-refractivity contribution < 1.29 is 9.18 Å². The molecule has 0 saturated carbocycles. The monoisotopic (exact) mass is 271 g/mol. The molecule has 4 nitrogen and oxygen atoms in total. The molecule has 0 aliphatic carbocycles. The highest BCUT2D eigenvalue weighted by molar-refractivity contribution is 5.94. The first-order valence-corrected chi connectivity index (χ1v) is 6.57. The Labute approximate surface area is 116 Å². The highest BCUT2D eigenvalue weighted by Crippen LogP contribution is 2.33. The summed E-state index contributed by atoms with van der Waals surface area (Å²) >= 11 is 0. The van der Waals surface area contributed by atoms with Crippen molar-refractivity contribution >= 4 is 5.91 Å². The fourth-order valence-corrected chi connectivity index (χ4v) is 2.65. The maximum Gasteiger partial charge on any atom is 0.257 e. The molecule has 20 heavy (non-hydrogen) atoms. The van der Waals surface area contributed by atoms with E-state index in [9.17, 15) is 9.18 Å². The van der Waals surface area contributed by atoms with Crippen molar-refractivity contribution in [1.82, 2.24) is 14.9 Å². The Hall–Kier alpha value is -2.30. The van der Waals surface area contributed by atoms with E-state index in [1.54, 1.807) is 11.0 Å². The van der Waals surface area contributed by atoms with Gasteiger partial charge in [-0.15, -0.1) is 0 Å². The first kappa shape index (κ1) is 12.7. The van der Waals surface area contributed by atoms with Crippen molar-refractivity contribution in [2.24, 2.45) is 0 Å². The van der Waals surface area contributed by atoms with Gasteiger partial charge in [0.2, 0.25) is 0 Å². The molecular weight excluding hydrogens is 257 g/mol. The van der Waals surface area contributed by atoms with Crippen LogP contribution in [0, 0.1) is 5.82 Å². The van der Waals surface area contributed by atoms with Crippen LogP contribution in [0.25, 0.3) is 0 Å². The Bertz CT molecular complexity index is 618. The zero-order valence-electron chi connectivity index (χ0n) is 10.9. The van der Waals surface area contributed by atoms with Gasteiger partial charge < -0.3 is 4.90 Å². The van der Waals surface area contributed by atoms with Gasteiger partial charge in [0.15, 0.2) is 0 Å². The van der Waals surface area contributed by atoms with E-state index in [0.717, 1.165) is 18.4 Å². The third kappa shape index (κ3) is 2.39. The van der Waals surface area contributed by atoms with Gasteiger partial charge in [-0.3, -0.25) is 4.79 Å². The highest BCUT2D eigenvalue weighted by Gasteiger charge is 2.30. The molecule has 1 aliphatic heterocycles. The summed E-state index contributed by atoms with van der Waals surface area (Å²) in [6, 6.07) is 6.38. The fraction of sp³-hybridized carbons (Fsp3) is 0.267. The van der Waals surface area contributed by atoms with Crippen molar-refractivity contribution in [2.75, 3.05) is 6.54 Å². The Kier molecular flexibility index (Phi) is 3.41. The lowest BCUT2D eigenvalue weighted by Gasteiger charge is -2.25. The van der Waals surface area contributed by atoms with E-state index in [1.165, 1.54) is 30.9 Å². The number of benzene rings is 1. The predicted molar refractivity (Wildman–Crippen MR) is 71.4 cm³/mol. The number of hydrogen-bond acceptors (Lipinski definition) is 3. The minimum absolute atomic E-state index is 0.0709. The topological polar surface area (TPSA) is 46.1 Å². The zero-order valence-corrected chi connectivity index (χ0v) is 10.9. The minimum atomic E-state index is -0.273. The molecule has 1 aliphatic rings. The lowest BCUT2D eigenvalue weighted by Crippen LogP contribution is -2.30. The van der Waals surface area contributed by atoms with E-state index in [4.69, 9.17) is 0 Å². The van der Waals surface area contributed by atoms with E-state index < -0.39 is 0 Å². The maximum absolute atomic E-state index is 13.3. The lowest BCUT2D eigenvalue weighted by molar-refractivity contribution is 0.0734. The number of rotatable bonds is 2. The van der Waals surface area contributed by atoms with Crippen LogP contribution in [0.1, 0.15) is 34.8 Å². The molecule has 1 aromatic carbocycles. The highest BCUT2D eigenvalue weighted by atomic mass is 19.1. The SMILES string of the molecule is O=C(c1cncnc1)N1CCC[C@H]1c1cccc(F)c1. The number of amides is 1. The summed E-state index contributed by atoms with van der Waals surface area (Å²) in [5, 5.41) is 0. The third-order valence-electron chi connectivity index (χ3n) is 3.55. The van der Waals surface area contributed by atoms with Crippen LogP contribution >= 0.6 is 0 Å². The molecule has 1 atom stereocenters. The Morgan fingerprint density at radius 2 is 2.10 bits per heavy atom. The average Bonchev–Trinajstić information content (AvgIpc) is 2.97. The normalized spacial score (nSPS) is 18.2. The molecule has 0 bridgehead atoms. The number of carbonyl (C=O) groups excluding carboxylic acids is 1. The summed E-state index contributed by atoms with van der Waals surface area (Å²) in [5.41, 5.74) is 1.31. The second-order valence-corrected chi connectivity index (χ2v) is 4.84. The smallest absolute Gasteiger partial charge is 0.257 e. The average molecular weight is 271 g/mol. The Balaban J connectivity index is 1.88. The predicted octanol–water partition coefficient (Wildman–Crippen LogP) is 2.59. The Morgan fingerprint density at radius 3 is 2.85 bits per heavy atom. The summed E-state index contributed by atoms with van der Waals surface area (Å²) in [5.74, 6) is -0.373. The molecule has 0 radical (unpaired) electrons. The van der Waals surface area contributed by atoms with Gasteiger partial charge in [-0.2, -0.15) is 0 Å². The van der Waals surface area contributed by atoms with Crippen LogP contribution in [0.3, 0.4) is 0 Å². The van der Waals surface area contributed by atoms with Gasteiger partial charge in [0.25, 0.3) is 5.91 Å². The molecule has 3 rings (SSSR count). The molecular formula is C15H14FN3O. The van der Waals surface area contributed by atoms with Gasteiger partial charge in [0, 0.05) is 18.9 Å². The minimum Gasteiger partial charge on any atom is -0.332 e. The number of nitrogens with zero attached hydrogens (tertiary/aromatic N) is 3. The van der Waals surface area contributed by atoms with Crippen LogP contribution in [-0.2, 0) is 0 Å². The molecule has 1 amide bonds. The van der Waals surface area contributed by atoms with E-state index in [1.807, 2.05) is 6.07 Å². The van der Waals surface area contributed by atoms with Crippen molar-refractivity contribution in [2.45, 2.75) is 18.9 Å². The largest absolute Gasteiger partial charge is 0.332 e. The quantitative estimate of drug-likeness (QED) is 0.843. The number of likely N-dealkylation sites (tertiary alicyclic amines) is 1. The van der Waals surface area contributed by atoms with Gasteiger partial charge in [0.05, 0.1) is 11.6 Å². The second kappa shape index (κ2) is 5.36. The molecule has 1 fully saturated rings. The zero-order chi connectivity index (χ0) is 13.9. The summed E-state index contributed by atoms with van der Waals surface area (Å²) < 4.78 is 13.3. The van der Waals surface area contributed by atoms with Gasteiger partial charge in [-0.1, -0.05) is 12.1 Å². The van der Waals surface area contributed by atoms with Crippen molar-refractivity contribution in [3.63, 3.8) is 0 Å². The van der Waals surface area contributed by atoms with Crippen LogP contribution in [0.5, 0.6) is 0 Å². The first-order chi connectivity index (χ1) is 9.75. The van der Waals surface area contributed by atoms with E-state index in [0.29, 0.717) is 12.1 Å². The van der Waals surface area contributed by atoms with Crippen molar-refractivity contribution in [1.29, 1.82) is 0 Å². The van der Waals surface area contributed by atoms with Gasteiger partial charge in [-0.25, -0.2) is 14.4 Å². The van der Waals surface area contributed by atoms with Crippen LogP contribution in [-0.4, -0.2) is 27.3 Å². The van der Waals surface area contributed by atoms with Crippen LogP contribution in [0.4, 0.5) is 4.39 Å². The number of carbonyl (C=O) groups is 1. The molecule has 5 heteroatoms. The maximum atomic E-state index is 13.3. The molecule has 102 valence electrons. The molecule has 1 aromatic heterocycles. The number of hydrogen-bond donors (Lipinski definition) is 0. The summed E-state index contributed by atoms with van der Waals surface area (Å²) in [4.78, 5) is 22.0. The fourth-order valence-electron chi connectivity index (χ4n) is 2.65. The number of aromatic nitrogens is 2. The standard InChI is InChI=1S/C15H14FN3O/c16-13-4-1-3-11(7-13)14-5-2-6-19(14)15(20)12-8-17-10-18-9-12/h1,3-4,7-10,14H,2,5-6H2/t14-/m0/s1. The molecule has 1 saturated heterocycles. The summed E-state index contributed by atoms with van der Waals surface area (Å²) in [6.45, 7) is 0.676. The number of halogens is 1. The molecule has 2 aromatic rings. The second-order valence-electron chi connectivity index (χ2n) is 4.84. The van der Waals surface area contributed by atoms with Gasteiger partial charge >= 0.3 is 0 Å². The van der Waals surface area contributed by atoms with Crippen LogP contribution in [0.2, 0.25) is 0 Å². The van der Waals surface area contributed by atoms with Crippen LogP contribution in [0.15, 0.2) is 43.0 Å². The van der Waals surface area contributed by atoms with Gasteiger partial charge in [0.1, 0.15) is 12.1 Å². The van der Waals surface area contributed by atoms with Gasteiger partial charge in [-0.05, 0) is 30.5 Å². The van der Waals surface area contributed by atoms with E-state index in [2.05, 4.69) is 9.97 Å². The Morgan fingerprint density at radius 1 is 1.30 bits per heavy atom. The third-order valence-corrected chi connectivity index (χ3v) is 3.55. The lowest BCUT2D eigenvalue weighted by atomic mass is 10.0. The molecule has 0 spiro atoms. The summed E-state index contributed by atoms with van der Waals surface area (Å²) in [6.07, 6.45) is 6.18. The van der Waals surface area contributed by atoms with Crippen molar-refractivity contribution in [3.05, 3.63) is 59.9 Å².